The fourth-order valence-corrected chi connectivity index (χ4v) is 8.91. The standard InChI is InChI=1S/C35H42FNO3/c1-3-4-18-40-22-33(39)31-15-14-30-28-20-32(36)27-19-25(38)12-13-26(27)34(28)29(21-35(30,31)2)23-8-10-24(11-9-23)37-16-6-5-7-17-37/h8-11,19,28-32H,5-7,12-18,20-22H2,1-2H3/t28-,29+,30-,31+,32?,35-/m0/s1. The summed E-state index contributed by atoms with van der Waals surface area (Å²) in [7, 11) is 0. The van der Waals surface area contributed by atoms with Gasteiger partial charge < -0.3 is 9.64 Å². The number of allylic oxidation sites excluding steroid dienone is 4. The van der Waals surface area contributed by atoms with Crippen LogP contribution in [0, 0.1) is 35.0 Å². The number of hydrogen-bond donors (Lipinski definition) is 0. The van der Waals surface area contributed by atoms with Crippen LogP contribution in [0.4, 0.5) is 10.1 Å². The molecule has 4 aliphatic carbocycles. The van der Waals surface area contributed by atoms with Crippen LogP contribution in [-0.2, 0) is 14.3 Å². The highest BCUT2D eigenvalue weighted by Crippen LogP contribution is 2.66. The van der Waals surface area contributed by atoms with Crippen LogP contribution < -0.4 is 4.90 Å². The van der Waals surface area contributed by atoms with Crippen LogP contribution >= 0.6 is 0 Å². The maximum absolute atomic E-state index is 15.8. The quantitative estimate of drug-likeness (QED) is 0.294. The van der Waals surface area contributed by atoms with E-state index in [0.29, 0.717) is 24.8 Å². The van der Waals surface area contributed by atoms with Crippen LogP contribution in [0.5, 0.6) is 0 Å². The minimum atomic E-state index is -1.11. The minimum Gasteiger partial charge on any atom is -0.372 e. The number of fused-ring (bicyclic) bond motifs is 4. The fourth-order valence-electron chi connectivity index (χ4n) is 8.91. The topological polar surface area (TPSA) is 46.6 Å². The molecule has 0 spiro atoms. The van der Waals surface area contributed by atoms with Gasteiger partial charge in [-0.15, -0.1) is 5.92 Å². The van der Waals surface area contributed by atoms with Crippen LogP contribution in [0.25, 0.3) is 0 Å². The van der Waals surface area contributed by atoms with Crippen molar-refractivity contribution in [2.45, 2.75) is 83.7 Å². The zero-order chi connectivity index (χ0) is 27.9. The third-order valence-electron chi connectivity index (χ3n) is 10.7. The Morgan fingerprint density at radius 1 is 1.12 bits per heavy atom. The Labute approximate surface area is 238 Å². The molecular formula is C35H42FNO3. The van der Waals surface area contributed by atoms with Gasteiger partial charge in [0.15, 0.2) is 11.6 Å². The molecule has 2 saturated carbocycles. The van der Waals surface area contributed by atoms with E-state index in [9.17, 15) is 9.59 Å². The Hall–Kier alpha value is -2.71. The van der Waals surface area contributed by atoms with Gasteiger partial charge in [-0.05, 0) is 110 Å². The minimum absolute atomic E-state index is 0.0443. The van der Waals surface area contributed by atoms with Crippen molar-refractivity contribution in [3.8, 4) is 11.8 Å². The Bertz CT molecular complexity index is 1280. The number of benzene rings is 1. The molecule has 0 aromatic heterocycles. The monoisotopic (exact) mass is 543 g/mol. The number of anilines is 1. The third kappa shape index (κ3) is 4.87. The zero-order valence-electron chi connectivity index (χ0n) is 24.0. The predicted octanol–water partition coefficient (Wildman–Crippen LogP) is 6.75. The average molecular weight is 544 g/mol. The molecule has 5 aliphatic rings. The molecule has 212 valence electrons. The molecule has 0 radical (unpaired) electrons. The normalized spacial score (nSPS) is 33.4. The molecule has 0 N–H and O–H groups in total. The summed E-state index contributed by atoms with van der Waals surface area (Å²) in [5, 5.41) is 0. The van der Waals surface area contributed by atoms with Gasteiger partial charge in [-0.1, -0.05) is 30.6 Å². The predicted molar refractivity (Wildman–Crippen MR) is 156 cm³/mol. The van der Waals surface area contributed by atoms with E-state index >= 15 is 4.39 Å². The van der Waals surface area contributed by atoms with Crippen LogP contribution in [0.1, 0.15) is 83.1 Å². The molecule has 1 aromatic carbocycles. The molecule has 40 heavy (non-hydrogen) atoms. The lowest BCUT2D eigenvalue weighted by Crippen LogP contribution is -2.46. The van der Waals surface area contributed by atoms with Crippen molar-refractivity contribution < 1.29 is 18.7 Å². The molecule has 4 nitrogen and oxygen atoms in total. The summed E-state index contributed by atoms with van der Waals surface area (Å²) >= 11 is 0. The van der Waals surface area contributed by atoms with Gasteiger partial charge >= 0.3 is 0 Å². The van der Waals surface area contributed by atoms with Crippen molar-refractivity contribution in [3.63, 3.8) is 0 Å². The van der Waals surface area contributed by atoms with E-state index in [1.165, 1.54) is 36.1 Å². The van der Waals surface area contributed by atoms with E-state index in [2.05, 4.69) is 47.9 Å². The maximum atomic E-state index is 15.8. The van der Waals surface area contributed by atoms with Gasteiger partial charge in [-0.3, -0.25) is 9.59 Å². The van der Waals surface area contributed by atoms with Gasteiger partial charge in [0.2, 0.25) is 0 Å². The highest BCUT2D eigenvalue weighted by molar-refractivity contribution is 5.93. The Balaban J connectivity index is 1.37. The van der Waals surface area contributed by atoms with Crippen molar-refractivity contribution in [2.24, 2.45) is 23.2 Å². The molecular weight excluding hydrogens is 501 g/mol. The second-order valence-corrected chi connectivity index (χ2v) is 12.8. The van der Waals surface area contributed by atoms with Crippen molar-refractivity contribution in [1.29, 1.82) is 0 Å². The molecule has 1 aliphatic heterocycles. The van der Waals surface area contributed by atoms with E-state index in [1.54, 1.807) is 13.0 Å². The second kappa shape index (κ2) is 11.3. The number of halogens is 1. The number of Topliss-reactive ketones (excluding diaryl/α,β-unsaturated/α-hetero) is 1. The number of carbonyl (C=O) groups is 2. The van der Waals surface area contributed by atoms with E-state index < -0.39 is 6.17 Å². The van der Waals surface area contributed by atoms with E-state index in [1.807, 2.05) is 0 Å². The van der Waals surface area contributed by atoms with Crippen molar-refractivity contribution >= 4 is 17.3 Å². The fraction of sp³-hybridized carbons (Fsp3) is 0.600. The molecule has 0 amide bonds. The van der Waals surface area contributed by atoms with Crippen molar-refractivity contribution in [3.05, 3.63) is 52.6 Å². The molecule has 6 rings (SSSR count). The number of nitrogens with zero attached hydrogens (tertiary/aromatic N) is 1. The number of ketones is 2. The first-order valence-corrected chi connectivity index (χ1v) is 15.4. The van der Waals surface area contributed by atoms with Crippen LogP contribution in [0.15, 0.2) is 47.1 Å². The molecule has 1 saturated heterocycles. The van der Waals surface area contributed by atoms with Gasteiger partial charge in [0.1, 0.15) is 19.4 Å². The number of ether oxygens (including phenoxy) is 1. The van der Waals surface area contributed by atoms with Gasteiger partial charge in [0.05, 0.1) is 0 Å². The summed E-state index contributed by atoms with van der Waals surface area (Å²) in [6, 6.07) is 9.08. The first kappa shape index (κ1) is 27.5. The number of hydrogen-bond acceptors (Lipinski definition) is 4. The molecule has 5 heteroatoms. The van der Waals surface area contributed by atoms with Gasteiger partial charge in [0, 0.05) is 37.0 Å². The second-order valence-electron chi connectivity index (χ2n) is 12.8. The first-order chi connectivity index (χ1) is 19.4. The first-order valence-electron chi connectivity index (χ1n) is 15.4. The summed E-state index contributed by atoms with van der Waals surface area (Å²) < 4.78 is 21.4. The Morgan fingerprint density at radius 3 is 2.65 bits per heavy atom. The number of rotatable bonds is 6. The zero-order valence-corrected chi connectivity index (χ0v) is 24.0. The van der Waals surface area contributed by atoms with Crippen molar-refractivity contribution in [1.82, 2.24) is 0 Å². The van der Waals surface area contributed by atoms with E-state index in [0.717, 1.165) is 37.9 Å². The number of carbonyl (C=O) groups excluding carboxylic acids is 2. The summed E-state index contributed by atoms with van der Waals surface area (Å²) in [5.74, 6) is 6.31. The Kier molecular flexibility index (Phi) is 7.75. The third-order valence-corrected chi connectivity index (χ3v) is 10.7. The molecule has 0 bridgehead atoms. The average Bonchev–Trinajstić information content (AvgIpc) is 3.33. The molecule has 3 fully saturated rings. The Morgan fingerprint density at radius 2 is 1.90 bits per heavy atom. The molecule has 1 aromatic rings. The van der Waals surface area contributed by atoms with Crippen molar-refractivity contribution in [2.75, 3.05) is 31.2 Å². The highest BCUT2D eigenvalue weighted by atomic mass is 19.1. The van der Waals surface area contributed by atoms with E-state index in [-0.39, 0.29) is 53.9 Å². The smallest absolute Gasteiger partial charge is 0.162 e. The summed E-state index contributed by atoms with van der Waals surface area (Å²) in [6.07, 6.45) is 8.44. The van der Waals surface area contributed by atoms with Crippen LogP contribution in [0.2, 0.25) is 0 Å². The maximum Gasteiger partial charge on any atom is 0.162 e. The molecule has 1 heterocycles. The summed E-state index contributed by atoms with van der Waals surface area (Å²) in [5.41, 5.74) is 5.42. The summed E-state index contributed by atoms with van der Waals surface area (Å²) in [4.78, 5) is 28.3. The lowest BCUT2D eigenvalue weighted by Gasteiger charge is -2.53. The van der Waals surface area contributed by atoms with Gasteiger partial charge in [-0.2, -0.15) is 0 Å². The van der Waals surface area contributed by atoms with E-state index in [4.69, 9.17) is 4.74 Å². The van der Waals surface area contributed by atoms with Crippen LogP contribution in [0.3, 0.4) is 0 Å². The largest absolute Gasteiger partial charge is 0.372 e. The summed E-state index contributed by atoms with van der Waals surface area (Å²) in [6.45, 7) is 6.64. The SMILES string of the molecule is CC#CCOCC(=O)[C@H]1CC[C@H]2[C@@H]3CC(F)C4=CC(=O)CCC4=C3[C@@H](c3ccc(N4CCCCC4)cc3)C[C@]12C. The molecule has 1 unspecified atom stereocenters. The lowest BCUT2D eigenvalue weighted by molar-refractivity contribution is -0.131. The van der Waals surface area contributed by atoms with Gasteiger partial charge in [0.25, 0.3) is 0 Å². The molecule has 6 atom stereocenters. The lowest BCUT2D eigenvalue weighted by atomic mass is 9.51. The number of alkyl halides is 1. The number of piperidine rings is 1. The van der Waals surface area contributed by atoms with Crippen LogP contribution in [-0.4, -0.2) is 44.0 Å². The highest BCUT2D eigenvalue weighted by Gasteiger charge is 2.59. The van der Waals surface area contributed by atoms with Gasteiger partial charge in [-0.25, -0.2) is 4.39 Å².